The first-order valence-electron chi connectivity index (χ1n) is 3.71. The Labute approximate surface area is 49.3 Å². The van der Waals surface area contributed by atoms with E-state index < -0.39 is 0 Å². The first-order chi connectivity index (χ1) is 3.71. The molecule has 0 bridgehead atoms. The maximum Gasteiger partial charge on any atom is -0.0107 e. The van der Waals surface area contributed by atoms with Gasteiger partial charge in [0, 0.05) is 0 Å². The summed E-state index contributed by atoms with van der Waals surface area (Å²) in [5.74, 6) is 2.49. The molecule has 0 amide bonds. The molecule has 4 aliphatic carbocycles. The molecular weight excluding hydrogens is 96.1 g/mol. The van der Waals surface area contributed by atoms with Crippen LogP contribution in [-0.4, -0.2) is 0 Å². The summed E-state index contributed by atoms with van der Waals surface area (Å²) in [7, 11) is 0. The van der Waals surface area contributed by atoms with Gasteiger partial charge in [0.05, 0.1) is 0 Å². The van der Waals surface area contributed by atoms with Crippen LogP contribution in [0.15, 0.2) is 0 Å². The van der Waals surface area contributed by atoms with Crippen molar-refractivity contribution in [1.82, 2.24) is 0 Å². The van der Waals surface area contributed by atoms with E-state index in [0.717, 1.165) is 16.2 Å². The predicted octanol–water partition coefficient (Wildman–Crippen LogP) is 1.66. The Kier molecular flexibility index (Phi) is 0.163. The van der Waals surface area contributed by atoms with Gasteiger partial charge >= 0.3 is 0 Å². The molecule has 0 aromatic rings. The van der Waals surface area contributed by atoms with Crippen LogP contribution in [0.1, 0.15) is 20.3 Å². The molecule has 4 rings (SSSR count). The van der Waals surface area contributed by atoms with E-state index in [1.807, 2.05) is 0 Å². The molecule has 0 aromatic carbocycles. The summed E-state index contributed by atoms with van der Waals surface area (Å²) in [5.41, 5.74) is 2.90. The van der Waals surface area contributed by atoms with Crippen LogP contribution in [0.4, 0.5) is 0 Å². The summed E-state index contributed by atoms with van der Waals surface area (Å²) in [6.07, 6.45) is 1.63. The van der Waals surface area contributed by atoms with Gasteiger partial charge in [-0.15, -0.1) is 0 Å². The van der Waals surface area contributed by atoms with Gasteiger partial charge in [-0.1, -0.05) is 13.8 Å². The summed E-state index contributed by atoms with van der Waals surface area (Å²) in [5, 5.41) is 0. The van der Waals surface area contributed by atoms with E-state index in [2.05, 4.69) is 13.8 Å². The van der Waals surface area contributed by atoms with Gasteiger partial charge in [0.15, 0.2) is 0 Å². The van der Waals surface area contributed by atoms with Crippen molar-refractivity contribution in [3.8, 4) is 0 Å². The molecule has 0 saturated heterocycles. The second-order valence-corrected chi connectivity index (χ2v) is 4.82. The average Bonchev–Trinajstić information content (AvgIpc) is 2.30. The van der Waals surface area contributed by atoms with Gasteiger partial charge in [0.2, 0.25) is 0 Å². The second kappa shape index (κ2) is 0.403. The molecule has 4 atom stereocenters. The highest BCUT2D eigenvalue weighted by molar-refractivity contribution is 5.69. The largest absolute Gasteiger partial charge is 0.0590 e. The van der Waals surface area contributed by atoms with Gasteiger partial charge < -0.3 is 0 Å². The van der Waals surface area contributed by atoms with Crippen molar-refractivity contribution in [2.24, 2.45) is 28.1 Å². The standard InChI is InChI=1S/C8H10/c1-6(2)5-7-3-4(7)8(5,6)7/h4-5H,3H2,1-2H3. The highest BCUT2D eigenvalue weighted by Crippen LogP contribution is 3.26. The number of hydrogen-bond acceptors (Lipinski definition) is 0. The van der Waals surface area contributed by atoms with E-state index in [-0.39, 0.29) is 0 Å². The van der Waals surface area contributed by atoms with E-state index in [1.165, 1.54) is 11.8 Å². The SMILES string of the molecule is CC1(C)C2C34CC3C214. The first-order valence-corrected chi connectivity index (χ1v) is 3.71. The lowest BCUT2D eigenvalue weighted by atomic mass is 9.93. The highest BCUT2D eigenvalue weighted by Gasteiger charge is 3.22. The molecule has 4 saturated carbocycles. The van der Waals surface area contributed by atoms with Crippen molar-refractivity contribution in [2.45, 2.75) is 20.3 Å². The van der Waals surface area contributed by atoms with E-state index in [4.69, 9.17) is 0 Å². The summed E-state index contributed by atoms with van der Waals surface area (Å²) in [6.45, 7) is 4.91. The zero-order chi connectivity index (χ0) is 5.36. The summed E-state index contributed by atoms with van der Waals surface area (Å²) in [6, 6.07) is 0. The van der Waals surface area contributed by atoms with E-state index >= 15 is 0 Å². The molecule has 0 heterocycles. The van der Waals surface area contributed by atoms with Crippen LogP contribution in [0.5, 0.6) is 0 Å². The lowest BCUT2D eigenvalue weighted by Crippen LogP contribution is -2.05. The lowest BCUT2D eigenvalue weighted by molar-refractivity contribution is 0.365. The van der Waals surface area contributed by atoms with E-state index in [0.29, 0.717) is 0 Å². The second-order valence-electron chi connectivity index (χ2n) is 4.82. The van der Waals surface area contributed by atoms with Crippen molar-refractivity contribution in [1.29, 1.82) is 0 Å². The van der Waals surface area contributed by atoms with Crippen molar-refractivity contribution in [3.05, 3.63) is 0 Å². The van der Waals surface area contributed by atoms with Crippen LogP contribution in [0.3, 0.4) is 0 Å². The number of hydrogen-bond donors (Lipinski definition) is 0. The topological polar surface area (TPSA) is 0 Å². The Morgan fingerprint density at radius 3 is 2.12 bits per heavy atom. The molecule has 0 aliphatic heterocycles. The average molecular weight is 106 g/mol. The molecule has 0 N–H and O–H groups in total. The Hall–Kier alpha value is 0. The van der Waals surface area contributed by atoms with Gasteiger partial charge in [-0.3, -0.25) is 0 Å². The third-order valence-electron chi connectivity index (χ3n) is 4.83. The fourth-order valence-corrected chi connectivity index (χ4v) is 4.57. The molecule has 0 aromatic heterocycles. The van der Waals surface area contributed by atoms with Crippen molar-refractivity contribution < 1.29 is 0 Å². The maximum absolute atomic E-state index is 2.45. The van der Waals surface area contributed by atoms with E-state index in [9.17, 15) is 0 Å². The molecule has 4 aliphatic rings. The molecule has 0 radical (unpaired) electrons. The summed E-state index contributed by atoms with van der Waals surface area (Å²) in [4.78, 5) is 0. The Morgan fingerprint density at radius 1 is 1.38 bits per heavy atom. The minimum atomic E-state index is 0.829. The lowest BCUT2D eigenvalue weighted by Gasteiger charge is -2.11. The molecular formula is C8H10. The van der Waals surface area contributed by atoms with Crippen molar-refractivity contribution in [3.63, 3.8) is 0 Å². The predicted molar refractivity (Wildman–Crippen MR) is 30.2 cm³/mol. The zero-order valence-electron chi connectivity index (χ0n) is 5.36. The maximum atomic E-state index is 2.45. The van der Waals surface area contributed by atoms with Gasteiger partial charge in [0.1, 0.15) is 0 Å². The highest BCUT2D eigenvalue weighted by atomic mass is 15.3. The zero-order valence-corrected chi connectivity index (χ0v) is 5.36. The van der Waals surface area contributed by atoms with Crippen LogP contribution in [0.25, 0.3) is 0 Å². The quantitative estimate of drug-likeness (QED) is 0.440. The number of rotatable bonds is 0. The van der Waals surface area contributed by atoms with Crippen LogP contribution in [0, 0.1) is 28.1 Å². The van der Waals surface area contributed by atoms with E-state index in [1.54, 1.807) is 6.42 Å². The fourth-order valence-electron chi connectivity index (χ4n) is 4.57. The molecule has 0 nitrogen and oxygen atoms in total. The van der Waals surface area contributed by atoms with Crippen LogP contribution in [0.2, 0.25) is 0 Å². The Balaban J connectivity index is 2.00. The monoisotopic (exact) mass is 106 g/mol. The van der Waals surface area contributed by atoms with Gasteiger partial charge in [-0.05, 0) is 34.5 Å². The Morgan fingerprint density at radius 2 is 2.12 bits per heavy atom. The molecule has 4 unspecified atom stereocenters. The molecule has 42 valence electrons. The smallest absolute Gasteiger partial charge is 0.0107 e. The Bertz CT molecular complexity index is 228. The minimum absolute atomic E-state index is 0.829. The van der Waals surface area contributed by atoms with Crippen LogP contribution in [-0.2, 0) is 0 Å². The fraction of sp³-hybridized carbons (Fsp3) is 1.00. The summed E-state index contributed by atoms with van der Waals surface area (Å²) >= 11 is 0. The van der Waals surface area contributed by atoms with Crippen molar-refractivity contribution in [2.75, 3.05) is 0 Å². The molecule has 4 fully saturated rings. The first kappa shape index (κ1) is 3.24. The van der Waals surface area contributed by atoms with Crippen LogP contribution < -0.4 is 0 Å². The van der Waals surface area contributed by atoms with Gasteiger partial charge in [-0.25, -0.2) is 0 Å². The molecule has 2 spiro atoms. The normalized spacial score (nSPS) is 90.8. The van der Waals surface area contributed by atoms with Crippen LogP contribution >= 0.6 is 0 Å². The van der Waals surface area contributed by atoms with Gasteiger partial charge in [-0.2, -0.15) is 0 Å². The summed E-state index contributed by atoms with van der Waals surface area (Å²) < 4.78 is 0. The minimum Gasteiger partial charge on any atom is -0.0590 e. The third kappa shape index (κ3) is 0.0741. The van der Waals surface area contributed by atoms with Gasteiger partial charge in [0.25, 0.3) is 0 Å². The molecule has 8 heavy (non-hydrogen) atoms. The third-order valence-corrected chi connectivity index (χ3v) is 4.83. The van der Waals surface area contributed by atoms with Crippen molar-refractivity contribution >= 4 is 0 Å². The molecule has 0 heteroatoms.